The molecule has 0 unspecified atom stereocenters. The summed E-state index contributed by atoms with van der Waals surface area (Å²) in [6.07, 6.45) is 9.29. The van der Waals surface area contributed by atoms with E-state index in [0.29, 0.717) is 23.9 Å². The number of allylic oxidation sites excluding steroid dienone is 3. The van der Waals surface area contributed by atoms with E-state index < -0.39 is 5.97 Å². The number of esters is 1. The molecule has 0 aromatic heterocycles. The summed E-state index contributed by atoms with van der Waals surface area (Å²) in [6, 6.07) is 3.56. The zero-order valence-corrected chi connectivity index (χ0v) is 17.1. The van der Waals surface area contributed by atoms with Crippen LogP contribution in [0, 0.1) is 0 Å². The maximum Gasteiger partial charge on any atom is 0.330 e. The largest absolute Gasteiger partial charge is 0.493 e. The first kappa shape index (κ1) is 22.4. The van der Waals surface area contributed by atoms with E-state index in [9.17, 15) is 4.79 Å². The van der Waals surface area contributed by atoms with Gasteiger partial charge in [0, 0.05) is 6.08 Å². The van der Waals surface area contributed by atoms with Crippen molar-refractivity contribution in [2.75, 3.05) is 27.9 Å². The minimum Gasteiger partial charge on any atom is -0.493 e. The van der Waals surface area contributed by atoms with E-state index in [-0.39, 0.29) is 0 Å². The fourth-order valence-electron chi connectivity index (χ4n) is 2.33. The molecule has 0 bridgehead atoms. The lowest BCUT2D eigenvalue weighted by atomic mass is 10.1. The van der Waals surface area contributed by atoms with Gasteiger partial charge in [0.2, 0.25) is 5.75 Å². The summed E-state index contributed by atoms with van der Waals surface area (Å²) in [7, 11) is 4.46. The Balaban J connectivity index is 2.89. The van der Waals surface area contributed by atoms with Crippen molar-refractivity contribution in [2.24, 2.45) is 0 Å². The van der Waals surface area contributed by atoms with Crippen molar-refractivity contribution >= 4 is 12.0 Å². The van der Waals surface area contributed by atoms with E-state index in [1.54, 1.807) is 32.4 Å². The van der Waals surface area contributed by atoms with Crippen molar-refractivity contribution in [2.45, 2.75) is 33.6 Å². The molecule has 0 saturated carbocycles. The smallest absolute Gasteiger partial charge is 0.330 e. The molecular weight excluding hydrogens is 344 g/mol. The molecule has 0 aliphatic carbocycles. The third-order valence-corrected chi connectivity index (χ3v) is 3.85. The monoisotopic (exact) mass is 374 g/mol. The van der Waals surface area contributed by atoms with E-state index in [2.05, 4.69) is 37.7 Å². The Bertz CT molecular complexity index is 684. The van der Waals surface area contributed by atoms with E-state index in [4.69, 9.17) is 14.2 Å². The molecule has 0 N–H and O–H groups in total. The van der Waals surface area contributed by atoms with Gasteiger partial charge in [-0.15, -0.1) is 0 Å². The highest BCUT2D eigenvalue weighted by atomic mass is 16.5. The van der Waals surface area contributed by atoms with Crippen LogP contribution >= 0.6 is 0 Å². The van der Waals surface area contributed by atoms with Crippen LogP contribution in [0.3, 0.4) is 0 Å². The second-order valence-electron chi connectivity index (χ2n) is 6.29. The van der Waals surface area contributed by atoms with Crippen LogP contribution in [0.2, 0.25) is 0 Å². The van der Waals surface area contributed by atoms with E-state index in [1.807, 2.05) is 0 Å². The highest BCUT2D eigenvalue weighted by Gasteiger charge is 2.13. The number of carbonyl (C=O) groups is 1. The zero-order valence-electron chi connectivity index (χ0n) is 17.1. The Hall–Kier alpha value is -2.69. The van der Waals surface area contributed by atoms with Gasteiger partial charge in [-0.3, -0.25) is 0 Å². The molecular formula is C22H30O5. The van der Waals surface area contributed by atoms with Gasteiger partial charge in [-0.1, -0.05) is 17.2 Å². The molecule has 0 aliphatic rings. The molecule has 0 saturated heterocycles. The van der Waals surface area contributed by atoms with Crippen molar-refractivity contribution in [3.63, 3.8) is 0 Å². The molecule has 5 nitrogen and oxygen atoms in total. The third-order valence-electron chi connectivity index (χ3n) is 3.85. The van der Waals surface area contributed by atoms with Gasteiger partial charge in [0.25, 0.3) is 0 Å². The first-order valence-electron chi connectivity index (χ1n) is 8.85. The van der Waals surface area contributed by atoms with Gasteiger partial charge in [0.15, 0.2) is 11.5 Å². The number of carbonyl (C=O) groups excluding carboxylic acids is 1. The molecule has 1 rings (SSSR count). The zero-order chi connectivity index (χ0) is 20.2. The molecule has 5 heteroatoms. The molecule has 1 aromatic rings. The standard InChI is InChI=1S/C22H30O5/c1-16(2)8-7-9-17(3)12-13-27-22-19(24-4)14-18(15-20(22)25-5)10-11-21(23)26-6/h8,10-12,14-15H,7,9,13H2,1-6H3/b11-10+,17-12+. The average molecular weight is 374 g/mol. The Morgan fingerprint density at radius 3 is 2.15 bits per heavy atom. The molecule has 0 aliphatic heterocycles. The summed E-state index contributed by atoms with van der Waals surface area (Å²) in [5, 5.41) is 0. The topological polar surface area (TPSA) is 54.0 Å². The van der Waals surface area contributed by atoms with Crippen molar-refractivity contribution in [1.29, 1.82) is 0 Å². The first-order valence-corrected chi connectivity index (χ1v) is 8.85. The lowest BCUT2D eigenvalue weighted by molar-refractivity contribution is -0.134. The van der Waals surface area contributed by atoms with Gasteiger partial charge in [-0.2, -0.15) is 0 Å². The molecule has 0 fully saturated rings. The third kappa shape index (κ3) is 8.03. The normalized spacial score (nSPS) is 11.3. The second-order valence-corrected chi connectivity index (χ2v) is 6.29. The molecule has 0 amide bonds. The molecule has 0 spiro atoms. The molecule has 27 heavy (non-hydrogen) atoms. The van der Waals surface area contributed by atoms with Crippen molar-refractivity contribution in [3.8, 4) is 17.2 Å². The van der Waals surface area contributed by atoms with E-state index in [0.717, 1.165) is 18.4 Å². The highest BCUT2D eigenvalue weighted by molar-refractivity contribution is 5.87. The maximum atomic E-state index is 11.3. The predicted octanol–water partition coefficient (Wildman–Crippen LogP) is 4.96. The number of hydrogen-bond donors (Lipinski definition) is 0. The summed E-state index contributed by atoms with van der Waals surface area (Å²) in [5.41, 5.74) is 3.34. The summed E-state index contributed by atoms with van der Waals surface area (Å²) < 4.78 is 21.3. The average Bonchev–Trinajstić information content (AvgIpc) is 2.65. The minimum absolute atomic E-state index is 0.421. The summed E-state index contributed by atoms with van der Waals surface area (Å²) in [5.74, 6) is 1.18. The summed E-state index contributed by atoms with van der Waals surface area (Å²) in [4.78, 5) is 11.3. The van der Waals surface area contributed by atoms with Crippen LogP contribution in [0.5, 0.6) is 17.2 Å². The predicted molar refractivity (Wildman–Crippen MR) is 109 cm³/mol. The van der Waals surface area contributed by atoms with Crippen LogP contribution in [-0.4, -0.2) is 33.9 Å². The number of ether oxygens (including phenoxy) is 4. The summed E-state index contributed by atoms with van der Waals surface area (Å²) >= 11 is 0. The van der Waals surface area contributed by atoms with Crippen molar-refractivity contribution in [3.05, 3.63) is 47.1 Å². The van der Waals surface area contributed by atoms with Crippen LogP contribution in [0.15, 0.2) is 41.5 Å². The van der Waals surface area contributed by atoms with Crippen molar-refractivity contribution < 1.29 is 23.7 Å². The van der Waals surface area contributed by atoms with Gasteiger partial charge in [-0.25, -0.2) is 4.79 Å². The Morgan fingerprint density at radius 1 is 1.00 bits per heavy atom. The Labute approximate surface area is 162 Å². The Kier molecular flexibility index (Phi) is 9.80. The molecule has 0 radical (unpaired) electrons. The minimum atomic E-state index is -0.429. The van der Waals surface area contributed by atoms with Gasteiger partial charge in [0.1, 0.15) is 6.61 Å². The quantitative estimate of drug-likeness (QED) is 0.329. The van der Waals surface area contributed by atoms with E-state index >= 15 is 0 Å². The Morgan fingerprint density at radius 2 is 1.63 bits per heavy atom. The number of methoxy groups -OCH3 is 3. The van der Waals surface area contributed by atoms with Gasteiger partial charge < -0.3 is 18.9 Å². The molecule has 148 valence electrons. The second kappa shape index (κ2) is 11.8. The SMILES string of the molecule is COC(=O)/C=C/c1cc(OC)c(OC/C=C(\C)CCC=C(C)C)c(OC)c1. The van der Waals surface area contributed by atoms with Crippen LogP contribution in [0.1, 0.15) is 39.2 Å². The fourth-order valence-corrected chi connectivity index (χ4v) is 2.33. The molecule has 0 atom stereocenters. The molecule has 1 aromatic carbocycles. The molecule has 0 heterocycles. The first-order chi connectivity index (χ1) is 12.9. The number of rotatable bonds is 10. The van der Waals surface area contributed by atoms with Crippen LogP contribution in [0.25, 0.3) is 6.08 Å². The van der Waals surface area contributed by atoms with Crippen LogP contribution < -0.4 is 14.2 Å². The number of hydrogen-bond acceptors (Lipinski definition) is 5. The van der Waals surface area contributed by atoms with Gasteiger partial charge in [0.05, 0.1) is 21.3 Å². The van der Waals surface area contributed by atoms with Crippen molar-refractivity contribution in [1.82, 2.24) is 0 Å². The van der Waals surface area contributed by atoms with Crippen LogP contribution in [0.4, 0.5) is 0 Å². The number of benzene rings is 1. The lowest BCUT2D eigenvalue weighted by Gasteiger charge is -2.14. The van der Waals surface area contributed by atoms with Gasteiger partial charge in [-0.05, 0) is 63.5 Å². The lowest BCUT2D eigenvalue weighted by Crippen LogP contribution is -2.01. The maximum absolute atomic E-state index is 11.3. The van der Waals surface area contributed by atoms with E-state index in [1.165, 1.54) is 24.3 Å². The van der Waals surface area contributed by atoms with Gasteiger partial charge >= 0.3 is 5.97 Å². The fraction of sp³-hybridized carbons (Fsp3) is 0.409. The highest BCUT2D eigenvalue weighted by Crippen LogP contribution is 2.39. The summed E-state index contributed by atoms with van der Waals surface area (Å²) in [6.45, 7) is 6.72. The van der Waals surface area contributed by atoms with Crippen LogP contribution in [-0.2, 0) is 9.53 Å².